The number of amides is 1. The van der Waals surface area contributed by atoms with Crippen molar-refractivity contribution < 1.29 is 4.79 Å². The van der Waals surface area contributed by atoms with Crippen LogP contribution in [0.5, 0.6) is 0 Å². The number of anilines is 2. The van der Waals surface area contributed by atoms with Gasteiger partial charge in [0.05, 0.1) is 5.75 Å². The van der Waals surface area contributed by atoms with Crippen LogP contribution < -0.4 is 11.1 Å². The number of nitrogens with two attached hydrogens (primary N) is 1. The summed E-state index contributed by atoms with van der Waals surface area (Å²) in [5, 5.41) is 3.41. The molecule has 0 aliphatic heterocycles. The van der Waals surface area contributed by atoms with Crippen molar-refractivity contribution >= 4 is 40.6 Å². The van der Waals surface area contributed by atoms with Gasteiger partial charge in [-0.1, -0.05) is 17.7 Å². The molecular formula is C15H15ClN2OS. The van der Waals surface area contributed by atoms with Crippen molar-refractivity contribution in [2.24, 2.45) is 0 Å². The Morgan fingerprint density at radius 1 is 1.30 bits per heavy atom. The summed E-state index contributed by atoms with van der Waals surface area (Å²) >= 11 is 7.34. The first kappa shape index (κ1) is 14.8. The lowest BCUT2D eigenvalue weighted by Crippen LogP contribution is -2.13. The molecular weight excluding hydrogens is 292 g/mol. The average Bonchev–Trinajstić information content (AvgIpc) is 2.40. The largest absolute Gasteiger partial charge is 0.399 e. The lowest BCUT2D eigenvalue weighted by atomic mass is 10.2. The van der Waals surface area contributed by atoms with Crippen LogP contribution in [-0.2, 0) is 4.79 Å². The van der Waals surface area contributed by atoms with Crippen LogP contribution in [0.25, 0.3) is 0 Å². The molecule has 3 nitrogen and oxygen atoms in total. The number of aryl methyl sites for hydroxylation is 1. The van der Waals surface area contributed by atoms with Gasteiger partial charge in [0, 0.05) is 21.3 Å². The maximum absolute atomic E-state index is 11.8. The number of thioether (sulfide) groups is 1. The molecule has 2 aromatic rings. The van der Waals surface area contributed by atoms with E-state index in [0.717, 1.165) is 16.1 Å². The maximum Gasteiger partial charge on any atom is 0.234 e. The van der Waals surface area contributed by atoms with Crippen molar-refractivity contribution in [3.05, 3.63) is 53.1 Å². The Balaban J connectivity index is 1.90. The SMILES string of the molecule is Cc1cc(SCC(=O)Nc2cccc(Cl)c2)ccc1N. The number of hydrogen-bond acceptors (Lipinski definition) is 3. The predicted octanol–water partition coefficient (Wildman–Crippen LogP) is 3.96. The Morgan fingerprint density at radius 3 is 2.80 bits per heavy atom. The summed E-state index contributed by atoms with van der Waals surface area (Å²) in [6, 6.07) is 12.8. The number of hydrogen-bond donors (Lipinski definition) is 2. The van der Waals surface area contributed by atoms with E-state index in [9.17, 15) is 4.79 Å². The van der Waals surface area contributed by atoms with E-state index in [4.69, 9.17) is 17.3 Å². The van der Waals surface area contributed by atoms with Crippen LogP contribution >= 0.6 is 23.4 Å². The monoisotopic (exact) mass is 306 g/mol. The average molecular weight is 307 g/mol. The highest BCUT2D eigenvalue weighted by Crippen LogP contribution is 2.23. The van der Waals surface area contributed by atoms with Gasteiger partial charge in [-0.3, -0.25) is 4.79 Å². The zero-order valence-corrected chi connectivity index (χ0v) is 12.6. The second kappa shape index (κ2) is 6.68. The molecule has 2 aromatic carbocycles. The third-order valence-electron chi connectivity index (χ3n) is 2.72. The Labute approximate surface area is 127 Å². The minimum absolute atomic E-state index is 0.0632. The first-order chi connectivity index (χ1) is 9.54. The molecule has 0 aliphatic rings. The van der Waals surface area contributed by atoms with Crippen LogP contribution in [0.15, 0.2) is 47.4 Å². The van der Waals surface area contributed by atoms with E-state index in [1.165, 1.54) is 11.8 Å². The summed E-state index contributed by atoms with van der Waals surface area (Å²) in [5.41, 5.74) is 8.25. The summed E-state index contributed by atoms with van der Waals surface area (Å²) in [6.45, 7) is 1.95. The fourth-order valence-electron chi connectivity index (χ4n) is 1.65. The van der Waals surface area contributed by atoms with Crippen molar-refractivity contribution in [1.82, 2.24) is 0 Å². The number of nitrogens with one attached hydrogen (secondary N) is 1. The second-order valence-corrected chi connectivity index (χ2v) is 5.85. The van der Waals surface area contributed by atoms with Crippen molar-refractivity contribution in [3.63, 3.8) is 0 Å². The van der Waals surface area contributed by atoms with Gasteiger partial charge in [0.1, 0.15) is 0 Å². The molecule has 0 saturated carbocycles. The summed E-state index contributed by atoms with van der Waals surface area (Å²) in [5.74, 6) is 0.280. The number of benzene rings is 2. The van der Waals surface area contributed by atoms with E-state index in [2.05, 4.69) is 5.32 Å². The molecule has 3 N–H and O–H groups in total. The molecule has 104 valence electrons. The van der Waals surface area contributed by atoms with Crippen molar-refractivity contribution in [2.45, 2.75) is 11.8 Å². The van der Waals surface area contributed by atoms with Gasteiger partial charge in [0.15, 0.2) is 0 Å². The second-order valence-electron chi connectivity index (χ2n) is 4.37. The predicted molar refractivity (Wildman–Crippen MR) is 86.4 cm³/mol. The lowest BCUT2D eigenvalue weighted by Gasteiger charge is -2.07. The molecule has 0 aromatic heterocycles. The zero-order valence-electron chi connectivity index (χ0n) is 11.0. The molecule has 0 saturated heterocycles. The maximum atomic E-state index is 11.8. The first-order valence-electron chi connectivity index (χ1n) is 6.09. The fraction of sp³-hybridized carbons (Fsp3) is 0.133. The highest BCUT2D eigenvalue weighted by Gasteiger charge is 2.05. The van der Waals surface area contributed by atoms with Crippen LogP contribution in [0.1, 0.15) is 5.56 Å². The van der Waals surface area contributed by atoms with Crippen LogP contribution in [0.3, 0.4) is 0 Å². The molecule has 20 heavy (non-hydrogen) atoms. The molecule has 0 heterocycles. The van der Waals surface area contributed by atoms with E-state index in [1.54, 1.807) is 18.2 Å². The third-order valence-corrected chi connectivity index (χ3v) is 3.95. The van der Waals surface area contributed by atoms with Crippen LogP contribution in [0, 0.1) is 6.92 Å². The lowest BCUT2D eigenvalue weighted by molar-refractivity contribution is -0.113. The minimum atomic E-state index is -0.0632. The number of halogens is 1. The topological polar surface area (TPSA) is 55.1 Å². The van der Waals surface area contributed by atoms with Gasteiger partial charge in [-0.25, -0.2) is 0 Å². The summed E-state index contributed by atoms with van der Waals surface area (Å²) in [4.78, 5) is 12.9. The van der Waals surface area contributed by atoms with Gasteiger partial charge in [-0.15, -0.1) is 11.8 Å². The van der Waals surface area contributed by atoms with Crippen LogP contribution in [-0.4, -0.2) is 11.7 Å². The smallest absolute Gasteiger partial charge is 0.234 e. The molecule has 0 atom stereocenters. The highest BCUT2D eigenvalue weighted by atomic mass is 35.5. The first-order valence-corrected chi connectivity index (χ1v) is 7.45. The summed E-state index contributed by atoms with van der Waals surface area (Å²) in [7, 11) is 0. The Morgan fingerprint density at radius 2 is 2.10 bits per heavy atom. The van der Waals surface area contributed by atoms with E-state index in [-0.39, 0.29) is 5.91 Å². The molecule has 2 rings (SSSR count). The van der Waals surface area contributed by atoms with E-state index >= 15 is 0 Å². The van der Waals surface area contributed by atoms with Gasteiger partial charge in [0.2, 0.25) is 5.91 Å². The van der Waals surface area contributed by atoms with Gasteiger partial charge >= 0.3 is 0 Å². The van der Waals surface area contributed by atoms with E-state index < -0.39 is 0 Å². The standard InChI is InChI=1S/C15H15ClN2OS/c1-10-7-13(5-6-14(10)17)20-9-15(19)18-12-4-2-3-11(16)8-12/h2-8H,9,17H2,1H3,(H,18,19). The molecule has 0 radical (unpaired) electrons. The normalized spacial score (nSPS) is 10.3. The molecule has 5 heteroatoms. The van der Waals surface area contributed by atoms with Gasteiger partial charge < -0.3 is 11.1 Å². The quantitative estimate of drug-likeness (QED) is 0.664. The Hall–Kier alpha value is -1.65. The Bertz CT molecular complexity index is 631. The van der Waals surface area contributed by atoms with Crippen LogP contribution in [0.2, 0.25) is 5.02 Å². The van der Waals surface area contributed by atoms with E-state index in [1.807, 2.05) is 31.2 Å². The number of nitrogen functional groups attached to an aromatic ring is 1. The molecule has 0 spiro atoms. The fourth-order valence-corrected chi connectivity index (χ4v) is 2.63. The number of carbonyl (C=O) groups is 1. The van der Waals surface area contributed by atoms with Crippen molar-refractivity contribution in [2.75, 3.05) is 16.8 Å². The molecule has 1 amide bonds. The molecule has 0 fully saturated rings. The summed E-state index contributed by atoms with van der Waals surface area (Å²) < 4.78 is 0. The number of rotatable bonds is 4. The third kappa shape index (κ3) is 4.18. The Kier molecular flexibility index (Phi) is 4.93. The summed E-state index contributed by atoms with van der Waals surface area (Å²) in [6.07, 6.45) is 0. The zero-order chi connectivity index (χ0) is 14.5. The van der Waals surface area contributed by atoms with Crippen molar-refractivity contribution in [1.29, 1.82) is 0 Å². The molecule has 0 aliphatic carbocycles. The van der Waals surface area contributed by atoms with Gasteiger partial charge in [-0.2, -0.15) is 0 Å². The minimum Gasteiger partial charge on any atom is -0.399 e. The van der Waals surface area contributed by atoms with Crippen LogP contribution in [0.4, 0.5) is 11.4 Å². The highest BCUT2D eigenvalue weighted by molar-refractivity contribution is 8.00. The van der Waals surface area contributed by atoms with Gasteiger partial charge in [0.25, 0.3) is 0 Å². The molecule has 0 unspecified atom stereocenters. The van der Waals surface area contributed by atoms with Crippen molar-refractivity contribution in [3.8, 4) is 0 Å². The molecule has 0 bridgehead atoms. The van der Waals surface area contributed by atoms with Gasteiger partial charge in [-0.05, 0) is 48.9 Å². The van der Waals surface area contributed by atoms with E-state index in [0.29, 0.717) is 16.5 Å². The number of carbonyl (C=O) groups excluding carboxylic acids is 1.